The summed E-state index contributed by atoms with van der Waals surface area (Å²) < 4.78 is 118. The Morgan fingerprint density at radius 1 is 0.941 bits per heavy atom. The normalized spacial score (nSPS) is 13.2. The van der Waals surface area contributed by atoms with Crippen LogP contribution in [0.3, 0.4) is 0 Å². The van der Waals surface area contributed by atoms with E-state index >= 15 is 0 Å². The Kier molecular flexibility index (Phi) is 8.26. The third-order valence-corrected chi connectivity index (χ3v) is 4.66. The summed E-state index contributed by atoms with van der Waals surface area (Å²) >= 11 is 5.89. The molecular weight excluding hydrogens is 507 g/mol. The average molecular weight is 524 g/mol. The van der Waals surface area contributed by atoms with Gasteiger partial charge in [0, 0.05) is 25.4 Å². The van der Waals surface area contributed by atoms with Gasteiger partial charge in [-0.05, 0) is 29.8 Å². The Labute approximate surface area is 191 Å². The van der Waals surface area contributed by atoms with E-state index in [4.69, 9.17) is 17.4 Å². The molecule has 34 heavy (non-hydrogen) atoms. The maximum absolute atomic E-state index is 13.2. The van der Waals surface area contributed by atoms with Crippen molar-refractivity contribution >= 4 is 17.6 Å². The Morgan fingerprint density at radius 2 is 1.47 bits per heavy atom. The molecule has 0 saturated heterocycles. The van der Waals surface area contributed by atoms with Crippen LogP contribution >= 0.6 is 11.6 Å². The highest BCUT2D eigenvalue weighted by Crippen LogP contribution is 2.37. The van der Waals surface area contributed by atoms with Crippen LogP contribution in [-0.2, 0) is 31.6 Å². The molecule has 0 aliphatic rings. The van der Waals surface area contributed by atoms with Gasteiger partial charge in [-0.1, -0.05) is 11.6 Å². The molecule has 0 aliphatic heterocycles. The Hall–Kier alpha value is -2.78. The van der Waals surface area contributed by atoms with Crippen molar-refractivity contribution in [3.63, 3.8) is 0 Å². The smallest absolute Gasteiger partial charge is 0.306 e. The van der Waals surface area contributed by atoms with Crippen molar-refractivity contribution in [3.05, 3.63) is 63.4 Å². The zero-order valence-corrected chi connectivity index (χ0v) is 17.8. The van der Waals surface area contributed by atoms with Crippen LogP contribution in [0.25, 0.3) is 0 Å². The van der Waals surface area contributed by atoms with Gasteiger partial charge in [0.25, 0.3) is 0 Å². The largest absolute Gasteiger partial charge is 0.417 e. The van der Waals surface area contributed by atoms with Crippen molar-refractivity contribution in [1.29, 1.82) is 0 Å². The lowest BCUT2D eigenvalue weighted by Crippen LogP contribution is -2.97. The number of aromatic nitrogens is 1. The quantitative estimate of drug-likeness (QED) is 0.139. The lowest BCUT2D eigenvalue weighted by atomic mass is 10.0. The van der Waals surface area contributed by atoms with Crippen molar-refractivity contribution in [2.24, 2.45) is 10.9 Å². The summed E-state index contributed by atoms with van der Waals surface area (Å²) in [7, 11) is 1.33. The van der Waals surface area contributed by atoms with E-state index in [9.17, 15) is 39.5 Å². The number of hydrazone groups is 1. The lowest BCUT2D eigenvalue weighted by molar-refractivity contribution is -0.563. The molecule has 0 fully saturated rings. The molecule has 1 aromatic carbocycles. The first-order chi connectivity index (χ1) is 15.6. The minimum Gasteiger partial charge on any atom is -0.306 e. The summed E-state index contributed by atoms with van der Waals surface area (Å²) in [5.74, 6) is 5.28. The number of guanidine groups is 1. The number of hydrogen-bond donors (Lipinski definition) is 3. The minimum atomic E-state index is -5.09. The fourth-order valence-electron chi connectivity index (χ4n) is 2.84. The highest BCUT2D eigenvalue weighted by atomic mass is 35.5. The first-order valence-electron chi connectivity index (χ1n) is 9.10. The number of nitrogens with zero attached hydrogens (tertiary/aromatic N) is 3. The molecule has 0 unspecified atom stereocenters. The van der Waals surface area contributed by atoms with Crippen molar-refractivity contribution in [3.8, 4) is 0 Å². The van der Waals surface area contributed by atoms with Crippen LogP contribution in [-0.4, -0.2) is 22.9 Å². The van der Waals surface area contributed by atoms with Crippen molar-refractivity contribution in [1.82, 2.24) is 15.3 Å². The first-order valence-corrected chi connectivity index (χ1v) is 9.48. The van der Waals surface area contributed by atoms with E-state index in [1.807, 2.05) is 0 Å². The number of nitrogens with two attached hydrogens (primary N) is 2. The zero-order valence-electron chi connectivity index (χ0n) is 17.1. The second-order valence-electron chi connectivity index (χ2n) is 6.80. The number of alkyl halides is 9. The maximum Gasteiger partial charge on any atom is 0.417 e. The van der Waals surface area contributed by atoms with Crippen LogP contribution in [0.5, 0.6) is 0 Å². The molecule has 1 heterocycles. The number of benzene rings is 1. The standard InChI is InChI=1S/C18H16ClF9N6/c1-30-33-15(32-29)34(8-10-4-13(18(26,27)28)6-31-14(10)19)7-9-2-11(16(20,21)22)5-12(3-9)17(23,24)25/h2-6,30H,7-8,29H2,1H3,(H,32,33)/p+1. The van der Waals surface area contributed by atoms with Gasteiger partial charge in [-0.15, -0.1) is 5.10 Å². The molecule has 16 heteroatoms. The van der Waals surface area contributed by atoms with E-state index in [2.05, 4.69) is 15.5 Å². The molecule has 1 aromatic heterocycles. The van der Waals surface area contributed by atoms with Crippen LogP contribution in [0.1, 0.15) is 27.8 Å². The second kappa shape index (κ2) is 10.2. The molecule has 0 saturated carbocycles. The summed E-state index contributed by atoms with van der Waals surface area (Å²) in [5, 5.41) is 3.40. The molecule has 6 nitrogen and oxygen atoms in total. The second-order valence-corrected chi connectivity index (χ2v) is 7.16. The Bertz CT molecular complexity index is 1000. The fourth-order valence-corrected chi connectivity index (χ4v) is 3.01. The number of quaternary nitrogens is 1. The summed E-state index contributed by atoms with van der Waals surface area (Å²) in [5.41, 5.74) is -1.74. The Morgan fingerprint density at radius 3 is 1.91 bits per heavy atom. The van der Waals surface area contributed by atoms with E-state index in [-0.39, 0.29) is 22.7 Å². The molecule has 0 amide bonds. The first kappa shape index (κ1) is 27.5. The molecule has 0 bridgehead atoms. The highest BCUT2D eigenvalue weighted by Gasteiger charge is 2.37. The third kappa shape index (κ3) is 7.11. The highest BCUT2D eigenvalue weighted by molar-refractivity contribution is 6.30. The fraction of sp³-hybridized carbons (Fsp3) is 0.333. The van der Waals surface area contributed by atoms with Gasteiger partial charge < -0.3 is 5.43 Å². The van der Waals surface area contributed by atoms with Crippen molar-refractivity contribution in [2.45, 2.75) is 31.6 Å². The van der Waals surface area contributed by atoms with Gasteiger partial charge in [-0.25, -0.2) is 10.4 Å². The van der Waals surface area contributed by atoms with E-state index in [1.54, 1.807) is 0 Å². The average Bonchev–Trinajstić information content (AvgIpc) is 2.70. The SMILES string of the molecule is CN/N=C(\[NH2+]N)N(Cc1cc(C(F)(F)F)cc(C(F)(F)F)c1)Cc1cc(C(F)(F)F)cnc1Cl. The van der Waals surface area contributed by atoms with Gasteiger partial charge in [-0.2, -0.15) is 45.4 Å². The van der Waals surface area contributed by atoms with Gasteiger partial charge in [0.1, 0.15) is 5.15 Å². The van der Waals surface area contributed by atoms with Crippen LogP contribution in [0.4, 0.5) is 39.5 Å². The van der Waals surface area contributed by atoms with Gasteiger partial charge in [0.15, 0.2) is 0 Å². The van der Waals surface area contributed by atoms with E-state index < -0.39 is 53.9 Å². The molecule has 0 spiro atoms. The van der Waals surface area contributed by atoms with Gasteiger partial charge >= 0.3 is 24.5 Å². The minimum absolute atomic E-state index is 0.0426. The molecule has 0 atom stereocenters. The number of pyridine rings is 1. The summed E-state index contributed by atoms with van der Waals surface area (Å²) in [6.07, 6.45) is -14.5. The van der Waals surface area contributed by atoms with Gasteiger partial charge in [-0.3, -0.25) is 4.90 Å². The van der Waals surface area contributed by atoms with Crippen LogP contribution < -0.4 is 16.7 Å². The van der Waals surface area contributed by atoms with Crippen molar-refractivity contribution < 1.29 is 44.9 Å². The van der Waals surface area contributed by atoms with Gasteiger partial charge in [0.2, 0.25) is 0 Å². The number of rotatable bonds is 5. The molecule has 188 valence electrons. The predicted octanol–water partition coefficient (Wildman–Crippen LogP) is 3.72. The van der Waals surface area contributed by atoms with E-state index in [0.717, 1.165) is 10.3 Å². The predicted molar refractivity (Wildman–Crippen MR) is 103 cm³/mol. The molecule has 5 N–H and O–H groups in total. The molecule has 2 rings (SSSR count). The third-order valence-electron chi connectivity index (χ3n) is 4.32. The van der Waals surface area contributed by atoms with Crippen LogP contribution in [0.15, 0.2) is 35.6 Å². The van der Waals surface area contributed by atoms with Gasteiger partial charge in [0.05, 0.1) is 23.2 Å². The summed E-state index contributed by atoms with van der Waals surface area (Å²) in [6, 6.07) is 1.59. The summed E-state index contributed by atoms with van der Waals surface area (Å²) in [4.78, 5) is 4.49. The lowest BCUT2D eigenvalue weighted by Gasteiger charge is -2.24. The van der Waals surface area contributed by atoms with Crippen LogP contribution in [0, 0.1) is 0 Å². The monoisotopic (exact) mass is 523 g/mol. The van der Waals surface area contributed by atoms with Crippen LogP contribution in [0.2, 0.25) is 5.15 Å². The number of hydrogen-bond acceptors (Lipinski definition) is 4. The molecular formula is C18H17ClF9N6+. The van der Waals surface area contributed by atoms with E-state index in [1.165, 1.54) is 7.05 Å². The molecule has 0 radical (unpaired) electrons. The number of halogens is 10. The van der Waals surface area contributed by atoms with E-state index in [0.29, 0.717) is 24.4 Å². The topological polar surface area (TPSA) is 83.1 Å². The van der Waals surface area contributed by atoms with Crippen molar-refractivity contribution in [2.75, 3.05) is 7.05 Å². The summed E-state index contributed by atoms with van der Waals surface area (Å²) in [6.45, 7) is -1.17. The molecule has 2 aromatic rings. The molecule has 0 aliphatic carbocycles. The zero-order chi connectivity index (χ0) is 25.9. The maximum atomic E-state index is 13.2. The number of nitrogens with one attached hydrogen (secondary N) is 1. The Balaban J connectivity index is 2.57.